The molecule has 1 amide bonds. The number of nitrogens with zero attached hydrogens (tertiary/aromatic N) is 3. The number of hydrogen-bond acceptors (Lipinski definition) is 6. The molecule has 0 saturated carbocycles. The minimum absolute atomic E-state index is 0.0925. The van der Waals surface area contributed by atoms with Gasteiger partial charge >= 0.3 is 5.97 Å². The monoisotopic (exact) mass is 420 g/mol. The first-order valence-corrected chi connectivity index (χ1v) is 9.68. The summed E-state index contributed by atoms with van der Waals surface area (Å²) in [5.74, 6) is 0.215. The van der Waals surface area contributed by atoms with Crippen LogP contribution >= 0.6 is 0 Å². The molecule has 4 rings (SSSR count). The average Bonchev–Trinajstić information content (AvgIpc) is 2.78. The molecule has 8 heteroatoms. The molecule has 0 spiro atoms. The summed E-state index contributed by atoms with van der Waals surface area (Å²) in [7, 11) is 3.03. The van der Waals surface area contributed by atoms with Gasteiger partial charge in [0.15, 0.2) is 5.82 Å². The Bertz CT molecular complexity index is 1150. The second-order valence-electron chi connectivity index (χ2n) is 7.16. The van der Waals surface area contributed by atoms with Crippen molar-refractivity contribution in [2.75, 3.05) is 29.3 Å². The van der Waals surface area contributed by atoms with Crippen LogP contribution in [0.2, 0.25) is 0 Å². The first-order chi connectivity index (χ1) is 14.9. The number of rotatable bonds is 4. The van der Waals surface area contributed by atoms with Gasteiger partial charge in [-0.2, -0.15) is 0 Å². The number of nitrogens with one attached hydrogen (secondary N) is 1. The Morgan fingerprint density at radius 2 is 1.87 bits per heavy atom. The molecule has 3 aromatic rings. The molecule has 1 unspecified atom stereocenters. The standard InChI is InChI=1S/C23H21FN4O3/c1-14-22(29)27(2)19-11-12-20(25-17-6-4-5-15(13-17)23(30)31-3)26-21(19)28(14)18-9-7-16(24)8-10-18/h4-14H,1-3H3,(H,25,26). The van der Waals surface area contributed by atoms with Crippen molar-refractivity contribution in [1.82, 2.24) is 4.98 Å². The Hall–Kier alpha value is -3.94. The molecule has 7 nitrogen and oxygen atoms in total. The lowest BCUT2D eigenvalue weighted by Crippen LogP contribution is -2.49. The zero-order valence-electron chi connectivity index (χ0n) is 17.3. The second-order valence-corrected chi connectivity index (χ2v) is 7.16. The Morgan fingerprint density at radius 3 is 2.58 bits per heavy atom. The van der Waals surface area contributed by atoms with E-state index in [0.29, 0.717) is 34.3 Å². The van der Waals surface area contributed by atoms with Gasteiger partial charge in [-0.15, -0.1) is 0 Å². The van der Waals surface area contributed by atoms with Gasteiger partial charge in [0.2, 0.25) is 5.91 Å². The van der Waals surface area contributed by atoms with E-state index in [1.54, 1.807) is 66.2 Å². The molecule has 0 aliphatic carbocycles. The van der Waals surface area contributed by atoms with Gasteiger partial charge in [0.25, 0.3) is 0 Å². The minimum Gasteiger partial charge on any atom is -0.465 e. The molecule has 0 radical (unpaired) electrons. The van der Waals surface area contributed by atoms with Gasteiger partial charge < -0.3 is 19.9 Å². The average molecular weight is 420 g/mol. The van der Waals surface area contributed by atoms with Crippen molar-refractivity contribution in [3.63, 3.8) is 0 Å². The molecule has 2 aromatic carbocycles. The number of amides is 1. The molecular weight excluding hydrogens is 399 g/mol. The lowest BCUT2D eigenvalue weighted by Gasteiger charge is -2.39. The van der Waals surface area contributed by atoms with E-state index in [4.69, 9.17) is 9.72 Å². The lowest BCUT2D eigenvalue weighted by atomic mass is 10.1. The Labute approximate surface area is 179 Å². The molecule has 1 aliphatic rings. The maximum absolute atomic E-state index is 13.5. The summed E-state index contributed by atoms with van der Waals surface area (Å²) in [5.41, 5.74) is 2.38. The third kappa shape index (κ3) is 3.79. The molecule has 1 aliphatic heterocycles. The number of carbonyl (C=O) groups excluding carboxylic acids is 2. The SMILES string of the molecule is COC(=O)c1cccc(Nc2ccc3c(n2)N(c2ccc(F)cc2)C(C)C(=O)N3C)c1. The van der Waals surface area contributed by atoms with Gasteiger partial charge in [0.1, 0.15) is 17.7 Å². The van der Waals surface area contributed by atoms with E-state index in [9.17, 15) is 14.0 Å². The fourth-order valence-electron chi connectivity index (χ4n) is 3.58. The number of halogens is 1. The minimum atomic E-state index is -0.520. The molecule has 158 valence electrons. The highest BCUT2D eigenvalue weighted by Crippen LogP contribution is 2.39. The van der Waals surface area contributed by atoms with E-state index in [1.165, 1.54) is 19.2 Å². The summed E-state index contributed by atoms with van der Waals surface area (Å²) < 4.78 is 18.2. The van der Waals surface area contributed by atoms with Gasteiger partial charge in [0.05, 0.1) is 18.4 Å². The van der Waals surface area contributed by atoms with Gasteiger partial charge in [-0.25, -0.2) is 14.2 Å². The molecule has 1 atom stereocenters. The number of carbonyl (C=O) groups is 2. The topological polar surface area (TPSA) is 74.8 Å². The third-order valence-electron chi connectivity index (χ3n) is 5.18. The highest BCUT2D eigenvalue weighted by atomic mass is 19.1. The smallest absolute Gasteiger partial charge is 0.337 e. The molecular formula is C23H21FN4O3. The number of aromatic nitrogens is 1. The van der Waals surface area contributed by atoms with Crippen LogP contribution in [0.1, 0.15) is 17.3 Å². The van der Waals surface area contributed by atoms with Gasteiger partial charge in [-0.3, -0.25) is 4.79 Å². The zero-order chi connectivity index (χ0) is 22.1. The molecule has 0 bridgehead atoms. The van der Waals surface area contributed by atoms with Crippen molar-refractivity contribution in [3.8, 4) is 0 Å². The number of benzene rings is 2. The first kappa shape index (κ1) is 20.3. The predicted octanol–water partition coefficient (Wildman–Crippen LogP) is 4.25. The van der Waals surface area contributed by atoms with Gasteiger partial charge in [0, 0.05) is 18.4 Å². The van der Waals surface area contributed by atoms with Crippen molar-refractivity contribution in [2.45, 2.75) is 13.0 Å². The molecule has 0 saturated heterocycles. The number of hydrogen-bond donors (Lipinski definition) is 1. The van der Waals surface area contributed by atoms with E-state index in [-0.39, 0.29) is 11.7 Å². The van der Waals surface area contributed by atoms with E-state index < -0.39 is 12.0 Å². The maximum atomic E-state index is 13.5. The fraction of sp³-hybridized carbons (Fsp3) is 0.174. The lowest BCUT2D eigenvalue weighted by molar-refractivity contribution is -0.119. The van der Waals surface area contributed by atoms with Gasteiger partial charge in [-0.05, 0) is 61.5 Å². The summed E-state index contributed by atoms with van der Waals surface area (Å²) >= 11 is 0. The predicted molar refractivity (Wildman–Crippen MR) is 117 cm³/mol. The van der Waals surface area contributed by atoms with Crippen molar-refractivity contribution in [1.29, 1.82) is 0 Å². The Kier molecular flexibility index (Phi) is 5.29. The van der Waals surface area contributed by atoms with Crippen molar-refractivity contribution < 1.29 is 18.7 Å². The maximum Gasteiger partial charge on any atom is 0.337 e. The summed E-state index contributed by atoms with van der Waals surface area (Å²) in [6.45, 7) is 1.78. The van der Waals surface area contributed by atoms with Crippen LogP contribution in [0.25, 0.3) is 0 Å². The van der Waals surface area contributed by atoms with Crippen LogP contribution in [0, 0.1) is 5.82 Å². The van der Waals surface area contributed by atoms with Gasteiger partial charge in [-0.1, -0.05) is 6.07 Å². The Balaban J connectivity index is 1.74. The largest absolute Gasteiger partial charge is 0.465 e. The summed E-state index contributed by atoms with van der Waals surface area (Å²) in [6, 6.07) is 15.9. The summed E-state index contributed by atoms with van der Waals surface area (Å²) in [6.07, 6.45) is 0. The van der Waals surface area contributed by atoms with E-state index in [1.807, 2.05) is 6.07 Å². The fourth-order valence-corrected chi connectivity index (χ4v) is 3.58. The van der Waals surface area contributed by atoms with Crippen LogP contribution in [-0.2, 0) is 9.53 Å². The molecule has 31 heavy (non-hydrogen) atoms. The van der Waals surface area contributed by atoms with Crippen LogP contribution in [-0.4, -0.2) is 37.1 Å². The van der Waals surface area contributed by atoms with Crippen LogP contribution in [0.4, 0.5) is 33.1 Å². The normalized spacial score (nSPS) is 15.5. The number of anilines is 5. The van der Waals surface area contributed by atoms with Crippen molar-refractivity contribution in [2.24, 2.45) is 0 Å². The number of ether oxygens (including phenoxy) is 1. The van der Waals surface area contributed by atoms with Crippen LogP contribution in [0.3, 0.4) is 0 Å². The van der Waals surface area contributed by atoms with Crippen molar-refractivity contribution in [3.05, 3.63) is 72.0 Å². The zero-order valence-corrected chi connectivity index (χ0v) is 17.3. The Morgan fingerprint density at radius 1 is 1.13 bits per heavy atom. The number of esters is 1. The molecule has 2 heterocycles. The third-order valence-corrected chi connectivity index (χ3v) is 5.18. The van der Waals surface area contributed by atoms with E-state index in [2.05, 4.69) is 5.32 Å². The molecule has 1 N–H and O–H groups in total. The van der Waals surface area contributed by atoms with Crippen LogP contribution in [0.5, 0.6) is 0 Å². The quantitative estimate of drug-likeness (QED) is 0.636. The second kappa shape index (κ2) is 8.06. The first-order valence-electron chi connectivity index (χ1n) is 9.68. The number of likely N-dealkylation sites (N-methyl/N-ethyl adjacent to an activating group) is 1. The molecule has 1 aromatic heterocycles. The number of fused-ring (bicyclic) bond motifs is 1. The molecule has 0 fully saturated rings. The summed E-state index contributed by atoms with van der Waals surface area (Å²) in [4.78, 5) is 32.6. The number of methoxy groups -OCH3 is 1. The van der Waals surface area contributed by atoms with Crippen molar-refractivity contribution >= 4 is 40.6 Å². The number of pyridine rings is 1. The van der Waals surface area contributed by atoms with Crippen LogP contribution in [0.15, 0.2) is 60.7 Å². The van der Waals surface area contributed by atoms with Crippen LogP contribution < -0.4 is 15.1 Å². The highest BCUT2D eigenvalue weighted by molar-refractivity contribution is 6.06. The highest BCUT2D eigenvalue weighted by Gasteiger charge is 2.35. The summed E-state index contributed by atoms with van der Waals surface area (Å²) in [5, 5.41) is 3.19. The van der Waals surface area contributed by atoms with E-state index in [0.717, 1.165) is 0 Å². The van der Waals surface area contributed by atoms with E-state index >= 15 is 0 Å².